The average Bonchev–Trinajstić information content (AvgIpc) is 3.21. The monoisotopic (exact) mass is 399 g/mol. The smallest absolute Gasteiger partial charge is 0.193 e. The lowest BCUT2D eigenvalue weighted by atomic mass is 9.97. The van der Waals surface area contributed by atoms with E-state index in [4.69, 9.17) is 0 Å². The zero-order chi connectivity index (χ0) is 19.4. The molecule has 8 heteroatoms. The fourth-order valence-corrected chi connectivity index (χ4v) is 5.67. The quantitative estimate of drug-likeness (QED) is 0.611. The molecule has 0 radical (unpaired) electrons. The van der Waals surface area contributed by atoms with Crippen LogP contribution in [0.2, 0.25) is 0 Å². The van der Waals surface area contributed by atoms with E-state index in [1.54, 1.807) is 0 Å². The summed E-state index contributed by atoms with van der Waals surface area (Å²) in [6.45, 7) is 4.42. The summed E-state index contributed by atoms with van der Waals surface area (Å²) in [5.41, 5.74) is 0.150. The molecule has 2 fully saturated rings. The number of nitrogens with one attached hydrogen (secondary N) is 1. The van der Waals surface area contributed by atoms with Crippen molar-refractivity contribution in [2.75, 3.05) is 37.7 Å². The molecule has 0 aliphatic carbocycles. The fraction of sp³-hybridized carbons (Fsp3) is 0.632. The van der Waals surface area contributed by atoms with Crippen LogP contribution in [0, 0.1) is 17.6 Å². The second kappa shape index (κ2) is 8.54. The topological polar surface area (TPSA) is 61.8 Å². The Labute approximate surface area is 159 Å². The van der Waals surface area contributed by atoms with Crippen molar-refractivity contribution in [2.45, 2.75) is 32.1 Å². The van der Waals surface area contributed by atoms with Crippen LogP contribution < -0.4 is 5.32 Å². The Bertz CT molecular complexity index is 778. The lowest BCUT2D eigenvalue weighted by molar-refractivity contribution is 0.469. The van der Waals surface area contributed by atoms with E-state index in [1.807, 2.05) is 4.90 Å². The molecule has 0 bridgehead atoms. The Morgan fingerprint density at radius 1 is 1.30 bits per heavy atom. The minimum Gasteiger partial charge on any atom is -0.356 e. The number of nitrogens with zero attached hydrogens (tertiary/aromatic N) is 2. The second-order valence-electron chi connectivity index (χ2n) is 7.43. The van der Waals surface area contributed by atoms with Crippen molar-refractivity contribution in [3.8, 4) is 0 Å². The van der Waals surface area contributed by atoms with E-state index in [0.717, 1.165) is 13.0 Å². The summed E-state index contributed by atoms with van der Waals surface area (Å²) in [4.78, 5) is 6.67. The Balaban J connectivity index is 1.69. The van der Waals surface area contributed by atoms with Crippen LogP contribution in [0.5, 0.6) is 0 Å². The van der Waals surface area contributed by atoms with E-state index in [1.165, 1.54) is 18.2 Å². The lowest BCUT2D eigenvalue weighted by Crippen LogP contribution is -2.40. The molecule has 27 heavy (non-hydrogen) atoms. The zero-order valence-electron chi connectivity index (χ0n) is 15.6. The summed E-state index contributed by atoms with van der Waals surface area (Å²) in [5.74, 6) is -0.0249. The van der Waals surface area contributed by atoms with Crippen molar-refractivity contribution in [1.82, 2.24) is 10.2 Å². The van der Waals surface area contributed by atoms with Gasteiger partial charge >= 0.3 is 0 Å². The van der Waals surface area contributed by atoms with Crippen molar-refractivity contribution >= 4 is 15.8 Å². The molecular formula is C19H27F2N3O2S. The van der Waals surface area contributed by atoms with Crippen LogP contribution in [-0.2, 0) is 9.84 Å². The first kappa shape index (κ1) is 20.0. The van der Waals surface area contributed by atoms with E-state index in [9.17, 15) is 17.2 Å². The number of likely N-dealkylation sites (tertiary alicyclic amines) is 1. The standard InChI is InChI=1S/C19H27F2N3O2S/c1-2-8-22-19(23-11-14-7-10-27(25,26)13-14)24-9-6-15(12-24)18-16(20)4-3-5-17(18)21/h3-5,14-15H,2,6-13H2,1H3,(H,22,23). The highest BCUT2D eigenvalue weighted by atomic mass is 32.2. The Hall–Kier alpha value is -1.70. The molecule has 0 amide bonds. The second-order valence-corrected chi connectivity index (χ2v) is 9.66. The lowest BCUT2D eigenvalue weighted by Gasteiger charge is -2.23. The molecule has 0 saturated carbocycles. The van der Waals surface area contributed by atoms with Crippen LogP contribution in [0.3, 0.4) is 0 Å². The molecule has 0 aromatic heterocycles. The Kier molecular flexibility index (Phi) is 6.34. The Morgan fingerprint density at radius 2 is 2.04 bits per heavy atom. The summed E-state index contributed by atoms with van der Waals surface area (Å²) in [6.07, 6.45) is 2.23. The average molecular weight is 400 g/mol. The van der Waals surface area contributed by atoms with E-state index in [2.05, 4.69) is 17.2 Å². The van der Waals surface area contributed by atoms with Crippen LogP contribution in [0.4, 0.5) is 8.78 Å². The van der Waals surface area contributed by atoms with E-state index < -0.39 is 21.5 Å². The largest absolute Gasteiger partial charge is 0.356 e. The summed E-state index contributed by atoms with van der Waals surface area (Å²) in [6, 6.07) is 3.98. The minimum absolute atomic E-state index is 0.0517. The van der Waals surface area contributed by atoms with Gasteiger partial charge in [0.15, 0.2) is 15.8 Å². The maximum absolute atomic E-state index is 14.1. The third kappa shape index (κ3) is 4.97. The molecule has 1 N–H and O–H groups in total. The Morgan fingerprint density at radius 3 is 2.67 bits per heavy atom. The SMILES string of the molecule is CCCNC(=NCC1CCS(=O)(=O)C1)N1CCC(c2c(F)cccc2F)C1. The number of guanidine groups is 1. The first-order valence-corrected chi connectivity index (χ1v) is 11.4. The summed E-state index contributed by atoms with van der Waals surface area (Å²) in [7, 11) is -2.92. The number of hydrogen-bond donors (Lipinski definition) is 1. The van der Waals surface area contributed by atoms with E-state index in [0.29, 0.717) is 38.4 Å². The van der Waals surface area contributed by atoms with Gasteiger partial charge in [-0.2, -0.15) is 0 Å². The molecular weight excluding hydrogens is 372 g/mol. The van der Waals surface area contributed by atoms with Crippen molar-refractivity contribution in [2.24, 2.45) is 10.9 Å². The molecule has 150 valence electrons. The van der Waals surface area contributed by atoms with Crippen LogP contribution in [0.15, 0.2) is 23.2 Å². The van der Waals surface area contributed by atoms with Gasteiger partial charge in [-0.25, -0.2) is 17.2 Å². The number of aliphatic imine (C=N–C) groups is 1. The van der Waals surface area contributed by atoms with Gasteiger partial charge < -0.3 is 10.2 Å². The maximum atomic E-state index is 14.1. The maximum Gasteiger partial charge on any atom is 0.193 e. The first-order chi connectivity index (χ1) is 12.9. The molecule has 3 rings (SSSR count). The van der Waals surface area contributed by atoms with Gasteiger partial charge in [-0.1, -0.05) is 13.0 Å². The van der Waals surface area contributed by atoms with E-state index in [-0.39, 0.29) is 28.9 Å². The molecule has 2 aliphatic rings. The molecule has 2 saturated heterocycles. The van der Waals surface area contributed by atoms with E-state index >= 15 is 0 Å². The number of sulfone groups is 1. The predicted octanol–water partition coefficient (Wildman–Crippen LogP) is 2.54. The minimum atomic E-state index is -2.92. The summed E-state index contributed by atoms with van der Waals surface area (Å²) >= 11 is 0. The number of rotatable bonds is 5. The van der Waals surface area contributed by atoms with Crippen molar-refractivity contribution < 1.29 is 17.2 Å². The number of benzene rings is 1. The van der Waals surface area contributed by atoms with Gasteiger partial charge in [0.2, 0.25) is 0 Å². The molecule has 5 nitrogen and oxygen atoms in total. The van der Waals surface area contributed by atoms with Crippen LogP contribution in [0.25, 0.3) is 0 Å². The van der Waals surface area contributed by atoms with Crippen LogP contribution >= 0.6 is 0 Å². The summed E-state index contributed by atoms with van der Waals surface area (Å²) < 4.78 is 51.5. The van der Waals surface area contributed by atoms with Crippen molar-refractivity contribution in [3.63, 3.8) is 0 Å². The highest BCUT2D eigenvalue weighted by Crippen LogP contribution is 2.31. The fourth-order valence-electron chi connectivity index (χ4n) is 3.83. The first-order valence-electron chi connectivity index (χ1n) is 9.57. The number of hydrogen-bond acceptors (Lipinski definition) is 3. The third-order valence-electron chi connectivity index (χ3n) is 5.25. The predicted molar refractivity (Wildman–Crippen MR) is 103 cm³/mol. The molecule has 2 heterocycles. The van der Waals surface area contributed by atoms with Crippen molar-refractivity contribution in [1.29, 1.82) is 0 Å². The molecule has 0 spiro atoms. The molecule has 2 atom stereocenters. The van der Waals surface area contributed by atoms with Gasteiger partial charge in [0, 0.05) is 37.7 Å². The molecule has 1 aromatic rings. The van der Waals surface area contributed by atoms with Gasteiger partial charge in [-0.15, -0.1) is 0 Å². The summed E-state index contributed by atoms with van der Waals surface area (Å²) in [5, 5.41) is 3.30. The van der Waals surface area contributed by atoms with Gasteiger partial charge in [0.1, 0.15) is 11.6 Å². The van der Waals surface area contributed by atoms with Crippen molar-refractivity contribution in [3.05, 3.63) is 35.4 Å². The van der Waals surface area contributed by atoms with Gasteiger partial charge in [0.05, 0.1) is 11.5 Å². The number of halogens is 2. The highest BCUT2D eigenvalue weighted by molar-refractivity contribution is 7.91. The molecule has 2 aliphatic heterocycles. The van der Waals surface area contributed by atoms with Crippen LogP contribution in [0.1, 0.15) is 37.7 Å². The van der Waals surface area contributed by atoms with Gasteiger partial charge in [0.25, 0.3) is 0 Å². The van der Waals surface area contributed by atoms with Gasteiger partial charge in [-0.3, -0.25) is 4.99 Å². The molecule has 1 aromatic carbocycles. The highest BCUT2D eigenvalue weighted by Gasteiger charge is 2.31. The molecule has 2 unspecified atom stereocenters. The van der Waals surface area contributed by atoms with Crippen LogP contribution in [-0.4, -0.2) is 57.0 Å². The third-order valence-corrected chi connectivity index (χ3v) is 7.09. The normalized spacial score (nSPS) is 25.1. The van der Waals surface area contributed by atoms with Gasteiger partial charge in [-0.05, 0) is 37.3 Å². The zero-order valence-corrected chi connectivity index (χ0v) is 16.4.